The molecule has 0 saturated heterocycles. The lowest BCUT2D eigenvalue weighted by Crippen LogP contribution is -2.13. The first-order chi connectivity index (χ1) is 6.77. The number of aromatic nitrogens is 4. The van der Waals surface area contributed by atoms with Gasteiger partial charge in [-0.1, -0.05) is 28.9 Å². The van der Waals surface area contributed by atoms with Gasteiger partial charge >= 0.3 is 0 Å². The van der Waals surface area contributed by atoms with Gasteiger partial charge in [0.2, 0.25) is 0 Å². The summed E-state index contributed by atoms with van der Waals surface area (Å²) in [4.78, 5) is 0. The molecule has 0 saturated carbocycles. The zero-order valence-corrected chi connectivity index (χ0v) is 7.94. The Balaban J connectivity index is 2.32. The van der Waals surface area contributed by atoms with Gasteiger partial charge in [-0.05, 0) is 17.7 Å². The van der Waals surface area contributed by atoms with Gasteiger partial charge in [0, 0.05) is 5.02 Å². The molecule has 1 unspecified atom stereocenters. The Morgan fingerprint density at radius 3 is 2.93 bits per heavy atom. The van der Waals surface area contributed by atoms with E-state index < -0.39 is 6.04 Å². The van der Waals surface area contributed by atoms with Crippen LogP contribution in [0.5, 0.6) is 0 Å². The predicted octanol–water partition coefficient (Wildman–Crippen LogP) is 0.901. The van der Waals surface area contributed by atoms with Crippen molar-refractivity contribution < 1.29 is 0 Å². The number of benzene rings is 1. The fourth-order valence-corrected chi connectivity index (χ4v) is 1.35. The third-order valence-corrected chi connectivity index (χ3v) is 2.08. The molecule has 0 radical (unpaired) electrons. The second-order valence-corrected chi connectivity index (χ2v) is 3.24. The summed E-state index contributed by atoms with van der Waals surface area (Å²) in [6.07, 6.45) is 0. The Kier molecular flexibility index (Phi) is 2.43. The lowest BCUT2D eigenvalue weighted by Gasteiger charge is -2.06. The van der Waals surface area contributed by atoms with Gasteiger partial charge < -0.3 is 5.73 Å². The van der Waals surface area contributed by atoms with Gasteiger partial charge in [-0.2, -0.15) is 5.21 Å². The van der Waals surface area contributed by atoms with E-state index >= 15 is 0 Å². The first kappa shape index (κ1) is 9.11. The standard InChI is InChI=1S/C8H8ClN5/c9-6-3-1-2-5(4-6)7(10)8-11-13-14-12-8/h1-4,7H,10H2,(H,11,12,13,14). The number of nitrogens with zero attached hydrogens (tertiary/aromatic N) is 3. The third-order valence-electron chi connectivity index (χ3n) is 1.85. The molecule has 6 heteroatoms. The van der Waals surface area contributed by atoms with Gasteiger partial charge in [0.05, 0.1) is 6.04 Å². The third kappa shape index (κ3) is 1.73. The number of hydrogen-bond donors (Lipinski definition) is 2. The maximum atomic E-state index is 5.89. The number of nitrogens with one attached hydrogen (secondary N) is 1. The van der Waals surface area contributed by atoms with Crippen LogP contribution in [0, 0.1) is 0 Å². The molecule has 1 atom stereocenters. The Bertz CT molecular complexity index is 413. The number of rotatable bonds is 2. The van der Waals surface area contributed by atoms with Crippen LogP contribution < -0.4 is 5.73 Å². The van der Waals surface area contributed by atoms with Crippen molar-refractivity contribution in [3.8, 4) is 0 Å². The molecule has 0 aliphatic rings. The van der Waals surface area contributed by atoms with Crippen LogP contribution in [-0.4, -0.2) is 20.6 Å². The Morgan fingerprint density at radius 1 is 1.43 bits per heavy atom. The quantitative estimate of drug-likeness (QED) is 0.770. The second kappa shape index (κ2) is 3.73. The molecule has 0 aliphatic carbocycles. The number of aromatic amines is 1. The average Bonchev–Trinajstić information content (AvgIpc) is 2.69. The molecule has 1 aromatic carbocycles. The number of tetrazole rings is 1. The lowest BCUT2D eigenvalue weighted by molar-refractivity contribution is 0.785. The van der Waals surface area contributed by atoms with Crippen LogP contribution in [0.2, 0.25) is 5.02 Å². The van der Waals surface area contributed by atoms with Crippen molar-refractivity contribution in [2.45, 2.75) is 6.04 Å². The zero-order valence-electron chi connectivity index (χ0n) is 7.18. The van der Waals surface area contributed by atoms with Crippen molar-refractivity contribution in [2.24, 2.45) is 5.73 Å². The molecule has 3 N–H and O–H groups in total. The van der Waals surface area contributed by atoms with Crippen LogP contribution in [0.15, 0.2) is 24.3 Å². The summed E-state index contributed by atoms with van der Waals surface area (Å²) in [5.41, 5.74) is 6.75. The molecule has 0 aliphatic heterocycles. The molecule has 2 aromatic rings. The van der Waals surface area contributed by atoms with Crippen LogP contribution in [0.4, 0.5) is 0 Å². The molecule has 72 valence electrons. The summed E-state index contributed by atoms with van der Waals surface area (Å²) in [5.74, 6) is 0.451. The van der Waals surface area contributed by atoms with E-state index in [-0.39, 0.29) is 0 Å². The Labute approximate surface area is 85.3 Å². The van der Waals surface area contributed by atoms with Crippen molar-refractivity contribution in [1.82, 2.24) is 20.6 Å². The summed E-state index contributed by atoms with van der Waals surface area (Å²) in [5, 5.41) is 14.0. The zero-order chi connectivity index (χ0) is 9.97. The summed E-state index contributed by atoms with van der Waals surface area (Å²) in [6, 6.07) is 6.87. The molecule has 0 amide bonds. The molecular formula is C8H8ClN5. The molecule has 14 heavy (non-hydrogen) atoms. The Hall–Kier alpha value is -1.46. The van der Waals surface area contributed by atoms with E-state index in [1.165, 1.54) is 0 Å². The van der Waals surface area contributed by atoms with Crippen LogP contribution in [-0.2, 0) is 0 Å². The molecule has 5 nitrogen and oxygen atoms in total. The molecule has 0 spiro atoms. The van der Waals surface area contributed by atoms with Crippen LogP contribution in [0.1, 0.15) is 17.4 Å². The van der Waals surface area contributed by atoms with Gasteiger partial charge in [-0.15, -0.1) is 10.2 Å². The van der Waals surface area contributed by atoms with Crippen LogP contribution >= 0.6 is 11.6 Å². The highest BCUT2D eigenvalue weighted by molar-refractivity contribution is 6.30. The second-order valence-electron chi connectivity index (χ2n) is 2.80. The number of hydrogen-bond acceptors (Lipinski definition) is 4. The smallest absolute Gasteiger partial charge is 0.195 e. The number of nitrogens with two attached hydrogens (primary N) is 1. The van der Waals surface area contributed by atoms with Crippen molar-refractivity contribution in [3.05, 3.63) is 40.7 Å². The fraction of sp³-hybridized carbons (Fsp3) is 0.125. The van der Waals surface area contributed by atoms with E-state index in [2.05, 4.69) is 20.6 Å². The van der Waals surface area contributed by atoms with E-state index in [9.17, 15) is 0 Å². The van der Waals surface area contributed by atoms with Crippen LogP contribution in [0.3, 0.4) is 0 Å². The summed E-state index contributed by atoms with van der Waals surface area (Å²) in [6.45, 7) is 0. The fourth-order valence-electron chi connectivity index (χ4n) is 1.15. The van der Waals surface area contributed by atoms with Crippen molar-refractivity contribution in [3.63, 3.8) is 0 Å². The number of H-pyrrole nitrogens is 1. The van der Waals surface area contributed by atoms with Gasteiger partial charge in [0.25, 0.3) is 0 Å². The van der Waals surface area contributed by atoms with Crippen molar-refractivity contribution >= 4 is 11.6 Å². The van der Waals surface area contributed by atoms with E-state index in [0.717, 1.165) is 5.56 Å². The maximum Gasteiger partial charge on any atom is 0.195 e. The highest BCUT2D eigenvalue weighted by Gasteiger charge is 2.12. The minimum atomic E-state index is -0.396. The molecule has 2 rings (SSSR count). The first-order valence-corrected chi connectivity index (χ1v) is 4.39. The normalized spacial score (nSPS) is 12.7. The monoisotopic (exact) mass is 209 g/mol. The summed E-state index contributed by atoms with van der Waals surface area (Å²) in [7, 11) is 0. The van der Waals surface area contributed by atoms with Gasteiger partial charge in [0.15, 0.2) is 5.82 Å². The van der Waals surface area contributed by atoms with Crippen molar-refractivity contribution in [1.29, 1.82) is 0 Å². The van der Waals surface area contributed by atoms with Crippen LogP contribution in [0.25, 0.3) is 0 Å². The molecule has 1 heterocycles. The highest BCUT2D eigenvalue weighted by atomic mass is 35.5. The highest BCUT2D eigenvalue weighted by Crippen LogP contribution is 2.18. The Morgan fingerprint density at radius 2 is 2.29 bits per heavy atom. The topological polar surface area (TPSA) is 80.5 Å². The largest absolute Gasteiger partial charge is 0.318 e. The SMILES string of the molecule is NC(c1cccc(Cl)c1)c1nn[nH]n1. The average molecular weight is 210 g/mol. The summed E-state index contributed by atoms with van der Waals surface area (Å²) < 4.78 is 0. The first-order valence-electron chi connectivity index (χ1n) is 4.02. The van der Waals surface area contributed by atoms with Gasteiger partial charge in [-0.25, -0.2) is 0 Å². The molecular weight excluding hydrogens is 202 g/mol. The van der Waals surface area contributed by atoms with E-state index in [1.54, 1.807) is 12.1 Å². The summed E-state index contributed by atoms with van der Waals surface area (Å²) >= 11 is 5.83. The van der Waals surface area contributed by atoms with Crippen molar-refractivity contribution in [2.75, 3.05) is 0 Å². The minimum Gasteiger partial charge on any atom is -0.318 e. The van der Waals surface area contributed by atoms with E-state index in [1.807, 2.05) is 12.1 Å². The van der Waals surface area contributed by atoms with Gasteiger partial charge in [0.1, 0.15) is 0 Å². The maximum absolute atomic E-state index is 5.89. The lowest BCUT2D eigenvalue weighted by atomic mass is 10.1. The molecule has 0 bridgehead atoms. The predicted molar refractivity (Wildman–Crippen MR) is 51.7 cm³/mol. The molecule has 0 fully saturated rings. The van der Waals surface area contributed by atoms with E-state index in [0.29, 0.717) is 10.8 Å². The minimum absolute atomic E-state index is 0.396. The van der Waals surface area contributed by atoms with E-state index in [4.69, 9.17) is 17.3 Å². The van der Waals surface area contributed by atoms with Gasteiger partial charge in [-0.3, -0.25) is 0 Å². The molecule has 1 aromatic heterocycles. The number of halogens is 1.